The first kappa shape index (κ1) is 10.4. The summed E-state index contributed by atoms with van der Waals surface area (Å²) < 4.78 is 0. The Hall–Kier alpha value is -0.120. The van der Waals surface area contributed by atoms with Crippen molar-refractivity contribution in [2.24, 2.45) is 0 Å². The Morgan fingerprint density at radius 3 is 2.79 bits per heavy atom. The number of nitrogens with zero attached hydrogens (tertiary/aromatic N) is 1. The molecule has 0 bridgehead atoms. The Kier molecular flexibility index (Phi) is 3.79. The molecule has 0 amide bonds. The zero-order valence-electron chi connectivity index (χ0n) is 9.26. The number of hydrogen-bond acceptors (Lipinski definition) is 3. The number of likely N-dealkylation sites (N-methyl/N-ethyl adjacent to an activating group) is 1. The molecule has 3 heteroatoms. The van der Waals surface area contributed by atoms with Crippen molar-refractivity contribution in [3.8, 4) is 0 Å². The van der Waals surface area contributed by atoms with Crippen LogP contribution < -0.4 is 10.6 Å². The normalized spacial score (nSPS) is 31.1. The molecule has 82 valence electrons. The minimum Gasteiger partial charge on any atom is -0.317 e. The van der Waals surface area contributed by atoms with Crippen LogP contribution in [0, 0.1) is 0 Å². The summed E-state index contributed by atoms with van der Waals surface area (Å²) in [6.07, 6.45) is 4.04. The molecule has 0 spiro atoms. The lowest BCUT2D eigenvalue weighted by molar-refractivity contribution is 0.194. The summed E-state index contributed by atoms with van der Waals surface area (Å²) >= 11 is 0. The highest BCUT2D eigenvalue weighted by molar-refractivity contribution is 4.87. The first-order chi connectivity index (χ1) is 6.90. The fraction of sp³-hybridized carbons (Fsp3) is 1.00. The van der Waals surface area contributed by atoms with Crippen LogP contribution in [0.15, 0.2) is 0 Å². The summed E-state index contributed by atoms with van der Waals surface area (Å²) in [7, 11) is 0. The third kappa shape index (κ3) is 2.47. The Balaban J connectivity index is 1.76. The van der Waals surface area contributed by atoms with E-state index >= 15 is 0 Å². The molecule has 2 rings (SSSR count). The highest BCUT2D eigenvalue weighted by atomic mass is 15.2. The van der Waals surface area contributed by atoms with Crippen LogP contribution in [0.3, 0.4) is 0 Å². The minimum atomic E-state index is 0.759. The zero-order chi connectivity index (χ0) is 9.80. The number of piperidine rings is 1. The van der Waals surface area contributed by atoms with Crippen LogP contribution in [0.1, 0.15) is 26.2 Å². The van der Waals surface area contributed by atoms with Gasteiger partial charge in [0.25, 0.3) is 0 Å². The van der Waals surface area contributed by atoms with Crippen LogP contribution in [0.5, 0.6) is 0 Å². The maximum absolute atomic E-state index is 3.56. The molecule has 2 heterocycles. The maximum Gasteiger partial charge on any atom is 0.0207 e. The third-order valence-corrected chi connectivity index (χ3v) is 3.54. The summed E-state index contributed by atoms with van der Waals surface area (Å²) in [5.74, 6) is 0. The molecular formula is C11H23N3. The maximum atomic E-state index is 3.56. The fourth-order valence-corrected chi connectivity index (χ4v) is 2.75. The largest absolute Gasteiger partial charge is 0.317 e. The quantitative estimate of drug-likeness (QED) is 0.687. The molecule has 0 aliphatic carbocycles. The second-order valence-corrected chi connectivity index (χ2v) is 4.52. The van der Waals surface area contributed by atoms with Gasteiger partial charge in [0.05, 0.1) is 0 Å². The van der Waals surface area contributed by atoms with Crippen LogP contribution >= 0.6 is 0 Å². The smallest absolute Gasteiger partial charge is 0.0207 e. The molecule has 0 aromatic rings. The van der Waals surface area contributed by atoms with Gasteiger partial charge in [0.1, 0.15) is 0 Å². The van der Waals surface area contributed by atoms with Gasteiger partial charge in [-0.05, 0) is 38.9 Å². The number of nitrogens with one attached hydrogen (secondary N) is 2. The standard InChI is InChI=1S/C11H23N3/c1-2-13-10-5-8-14(9-10)11-3-6-12-7-4-11/h10-13H,2-9H2,1H3. The Morgan fingerprint density at radius 2 is 2.07 bits per heavy atom. The number of rotatable bonds is 3. The fourth-order valence-electron chi connectivity index (χ4n) is 2.75. The van der Waals surface area contributed by atoms with Crippen molar-refractivity contribution < 1.29 is 0 Å². The summed E-state index contributed by atoms with van der Waals surface area (Å²) in [6.45, 7) is 8.33. The summed E-state index contributed by atoms with van der Waals surface area (Å²) in [6, 6.07) is 1.62. The molecular weight excluding hydrogens is 174 g/mol. The monoisotopic (exact) mass is 197 g/mol. The molecule has 14 heavy (non-hydrogen) atoms. The summed E-state index contributed by atoms with van der Waals surface area (Å²) in [5, 5.41) is 6.99. The van der Waals surface area contributed by atoms with Crippen molar-refractivity contribution in [1.29, 1.82) is 0 Å². The lowest BCUT2D eigenvalue weighted by atomic mass is 10.1. The molecule has 2 N–H and O–H groups in total. The number of hydrogen-bond donors (Lipinski definition) is 2. The van der Waals surface area contributed by atoms with Crippen molar-refractivity contribution in [3.63, 3.8) is 0 Å². The van der Waals surface area contributed by atoms with E-state index in [0.29, 0.717) is 0 Å². The highest BCUT2D eigenvalue weighted by Crippen LogP contribution is 2.18. The summed E-state index contributed by atoms with van der Waals surface area (Å²) in [4.78, 5) is 2.69. The van der Waals surface area contributed by atoms with E-state index in [9.17, 15) is 0 Å². The van der Waals surface area contributed by atoms with Crippen molar-refractivity contribution in [1.82, 2.24) is 15.5 Å². The van der Waals surface area contributed by atoms with E-state index < -0.39 is 0 Å². The van der Waals surface area contributed by atoms with Crippen LogP contribution in [0.2, 0.25) is 0 Å². The predicted octanol–water partition coefficient (Wildman–Crippen LogP) is 0.422. The van der Waals surface area contributed by atoms with Gasteiger partial charge in [-0.25, -0.2) is 0 Å². The topological polar surface area (TPSA) is 27.3 Å². The Labute approximate surface area is 87.2 Å². The molecule has 2 aliphatic heterocycles. The second-order valence-electron chi connectivity index (χ2n) is 4.52. The van der Waals surface area contributed by atoms with Crippen LogP contribution in [0.4, 0.5) is 0 Å². The average Bonchev–Trinajstić information content (AvgIpc) is 2.68. The van der Waals surface area contributed by atoms with Gasteiger partial charge in [0.2, 0.25) is 0 Å². The number of likely N-dealkylation sites (tertiary alicyclic amines) is 1. The van der Waals surface area contributed by atoms with Gasteiger partial charge in [0.15, 0.2) is 0 Å². The first-order valence-electron chi connectivity index (χ1n) is 6.08. The van der Waals surface area contributed by atoms with Gasteiger partial charge < -0.3 is 10.6 Å². The van der Waals surface area contributed by atoms with Gasteiger partial charge in [-0.15, -0.1) is 0 Å². The SMILES string of the molecule is CCNC1CCN(C2CCNCC2)C1. The van der Waals surface area contributed by atoms with E-state index in [4.69, 9.17) is 0 Å². The lowest BCUT2D eigenvalue weighted by Crippen LogP contribution is -2.43. The van der Waals surface area contributed by atoms with Gasteiger partial charge in [-0.3, -0.25) is 4.90 Å². The molecule has 2 aliphatic rings. The Morgan fingerprint density at radius 1 is 1.29 bits per heavy atom. The predicted molar refractivity (Wildman–Crippen MR) is 59.5 cm³/mol. The second kappa shape index (κ2) is 5.10. The van der Waals surface area contributed by atoms with Crippen molar-refractivity contribution in [3.05, 3.63) is 0 Å². The van der Waals surface area contributed by atoms with Crippen LogP contribution in [0.25, 0.3) is 0 Å². The van der Waals surface area contributed by atoms with E-state index in [1.54, 1.807) is 0 Å². The molecule has 0 aromatic carbocycles. The van der Waals surface area contributed by atoms with E-state index in [1.807, 2.05) is 0 Å². The minimum absolute atomic E-state index is 0.759. The van der Waals surface area contributed by atoms with Crippen molar-refractivity contribution in [2.75, 3.05) is 32.7 Å². The molecule has 2 saturated heterocycles. The van der Waals surface area contributed by atoms with Gasteiger partial charge in [-0.1, -0.05) is 6.92 Å². The molecule has 0 aromatic heterocycles. The molecule has 3 nitrogen and oxygen atoms in total. The van der Waals surface area contributed by atoms with Gasteiger partial charge in [-0.2, -0.15) is 0 Å². The molecule has 2 fully saturated rings. The van der Waals surface area contributed by atoms with Crippen LogP contribution in [-0.2, 0) is 0 Å². The van der Waals surface area contributed by atoms with Crippen molar-refractivity contribution in [2.45, 2.75) is 38.3 Å². The molecule has 0 saturated carbocycles. The highest BCUT2D eigenvalue weighted by Gasteiger charge is 2.28. The van der Waals surface area contributed by atoms with E-state index in [2.05, 4.69) is 22.5 Å². The van der Waals surface area contributed by atoms with E-state index in [1.165, 1.54) is 45.4 Å². The zero-order valence-corrected chi connectivity index (χ0v) is 9.26. The van der Waals surface area contributed by atoms with Gasteiger partial charge in [0, 0.05) is 25.2 Å². The average molecular weight is 197 g/mol. The van der Waals surface area contributed by atoms with Crippen molar-refractivity contribution >= 4 is 0 Å². The first-order valence-corrected chi connectivity index (χ1v) is 6.08. The van der Waals surface area contributed by atoms with Crippen LogP contribution in [-0.4, -0.2) is 49.7 Å². The Bertz CT molecular complexity index is 166. The van der Waals surface area contributed by atoms with Gasteiger partial charge >= 0.3 is 0 Å². The molecule has 1 unspecified atom stereocenters. The third-order valence-electron chi connectivity index (χ3n) is 3.54. The van der Waals surface area contributed by atoms with E-state index in [0.717, 1.165) is 18.6 Å². The molecule has 0 radical (unpaired) electrons. The van der Waals surface area contributed by atoms with E-state index in [-0.39, 0.29) is 0 Å². The lowest BCUT2D eigenvalue weighted by Gasteiger charge is -2.31. The molecule has 1 atom stereocenters. The summed E-state index contributed by atoms with van der Waals surface area (Å²) in [5.41, 5.74) is 0.